The van der Waals surface area contributed by atoms with Crippen LogP contribution in [0.5, 0.6) is 0 Å². The van der Waals surface area contributed by atoms with Crippen LogP contribution in [0.1, 0.15) is 29.3 Å². The van der Waals surface area contributed by atoms with E-state index in [1.54, 1.807) is 4.90 Å². The molecule has 1 saturated heterocycles. The van der Waals surface area contributed by atoms with Crippen molar-refractivity contribution in [3.05, 3.63) is 35.4 Å². The molecule has 1 aliphatic rings. The van der Waals surface area contributed by atoms with Gasteiger partial charge in [0.25, 0.3) is 5.91 Å². The van der Waals surface area contributed by atoms with Crippen molar-refractivity contribution in [2.24, 2.45) is 11.7 Å². The Labute approximate surface area is 114 Å². The van der Waals surface area contributed by atoms with Crippen molar-refractivity contribution in [2.75, 3.05) is 19.7 Å². The van der Waals surface area contributed by atoms with Gasteiger partial charge in [0.2, 0.25) is 0 Å². The van der Waals surface area contributed by atoms with Gasteiger partial charge in [0.15, 0.2) is 0 Å². The number of carbonyl (C=O) groups is 1. The molecule has 3 N–H and O–H groups in total. The van der Waals surface area contributed by atoms with E-state index < -0.39 is 0 Å². The lowest BCUT2D eigenvalue weighted by atomic mass is 10.0. The Hall–Kier alpha value is -1.39. The molecular weight excluding hydrogens is 240 g/mol. The molecule has 0 aliphatic carbocycles. The van der Waals surface area contributed by atoms with Crippen LogP contribution in [0.4, 0.5) is 0 Å². The van der Waals surface area contributed by atoms with Gasteiger partial charge in [0, 0.05) is 12.1 Å². The summed E-state index contributed by atoms with van der Waals surface area (Å²) in [5, 5.41) is 9.43. The second kappa shape index (κ2) is 6.17. The van der Waals surface area contributed by atoms with Gasteiger partial charge in [-0.25, -0.2) is 0 Å². The highest BCUT2D eigenvalue weighted by atomic mass is 16.3. The zero-order valence-electron chi connectivity index (χ0n) is 11.4. The second-order valence-corrected chi connectivity index (χ2v) is 5.25. The fraction of sp³-hybridized carbons (Fsp3) is 0.533. The first-order valence-corrected chi connectivity index (χ1v) is 6.88. The van der Waals surface area contributed by atoms with Crippen LogP contribution >= 0.6 is 0 Å². The van der Waals surface area contributed by atoms with Crippen LogP contribution in [-0.2, 0) is 6.42 Å². The van der Waals surface area contributed by atoms with Crippen molar-refractivity contribution >= 4 is 5.91 Å². The summed E-state index contributed by atoms with van der Waals surface area (Å²) in [7, 11) is 0. The Balaban J connectivity index is 2.17. The SMILES string of the molecule is CC1CCN(C(=O)c2cccc(CCN)c2)C1CO. The highest BCUT2D eigenvalue weighted by Gasteiger charge is 2.34. The number of aliphatic hydroxyl groups excluding tert-OH is 1. The predicted octanol–water partition coefficient (Wildman–Crippen LogP) is 1.03. The lowest BCUT2D eigenvalue weighted by Crippen LogP contribution is -2.39. The molecule has 1 aromatic carbocycles. The van der Waals surface area contributed by atoms with E-state index >= 15 is 0 Å². The van der Waals surface area contributed by atoms with Crippen molar-refractivity contribution in [1.29, 1.82) is 0 Å². The zero-order valence-corrected chi connectivity index (χ0v) is 11.4. The normalized spacial score (nSPS) is 22.8. The number of nitrogens with two attached hydrogens (primary N) is 1. The highest BCUT2D eigenvalue weighted by molar-refractivity contribution is 5.94. The first-order chi connectivity index (χ1) is 9.17. The van der Waals surface area contributed by atoms with Crippen LogP contribution in [-0.4, -0.2) is 41.7 Å². The number of likely N-dealkylation sites (tertiary alicyclic amines) is 1. The van der Waals surface area contributed by atoms with Crippen molar-refractivity contribution in [3.8, 4) is 0 Å². The molecule has 104 valence electrons. The smallest absolute Gasteiger partial charge is 0.254 e. The number of hydrogen-bond acceptors (Lipinski definition) is 3. The molecule has 1 amide bonds. The Bertz CT molecular complexity index is 448. The summed E-state index contributed by atoms with van der Waals surface area (Å²) in [4.78, 5) is 14.3. The van der Waals surface area contributed by atoms with Gasteiger partial charge in [-0.05, 0) is 43.0 Å². The average Bonchev–Trinajstić information content (AvgIpc) is 2.79. The Kier molecular flexibility index (Phi) is 4.56. The fourth-order valence-corrected chi connectivity index (χ4v) is 2.73. The van der Waals surface area contributed by atoms with Crippen LogP contribution in [0.2, 0.25) is 0 Å². The molecule has 0 saturated carbocycles. The molecule has 4 nitrogen and oxygen atoms in total. The Morgan fingerprint density at radius 2 is 2.32 bits per heavy atom. The molecule has 19 heavy (non-hydrogen) atoms. The third kappa shape index (κ3) is 2.96. The summed E-state index contributed by atoms with van der Waals surface area (Å²) in [5.41, 5.74) is 7.32. The molecular formula is C15H22N2O2. The van der Waals surface area contributed by atoms with Gasteiger partial charge >= 0.3 is 0 Å². The molecule has 1 heterocycles. The van der Waals surface area contributed by atoms with Gasteiger partial charge in [-0.15, -0.1) is 0 Å². The van der Waals surface area contributed by atoms with Crippen molar-refractivity contribution in [1.82, 2.24) is 4.90 Å². The molecule has 2 atom stereocenters. The minimum Gasteiger partial charge on any atom is -0.394 e. The molecule has 2 unspecified atom stereocenters. The Morgan fingerprint density at radius 1 is 1.53 bits per heavy atom. The second-order valence-electron chi connectivity index (χ2n) is 5.25. The molecule has 1 aromatic rings. The van der Waals surface area contributed by atoms with Crippen LogP contribution in [0.25, 0.3) is 0 Å². The number of amides is 1. The summed E-state index contributed by atoms with van der Waals surface area (Å²) < 4.78 is 0. The Morgan fingerprint density at radius 3 is 3.00 bits per heavy atom. The quantitative estimate of drug-likeness (QED) is 0.851. The fourth-order valence-electron chi connectivity index (χ4n) is 2.73. The van der Waals surface area contributed by atoms with Crippen molar-refractivity contribution < 1.29 is 9.90 Å². The van der Waals surface area contributed by atoms with E-state index in [2.05, 4.69) is 6.92 Å². The minimum atomic E-state index is -0.0503. The molecule has 4 heteroatoms. The number of carbonyl (C=O) groups excluding carboxylic acids is 1. The first kappa shape index (κ1) is 14.0. The summed E-state index contributed by atoms with van der Waals surface area (Å²) in [5.74, 6) is 0.378. The monoisotopic (exact) mass is 262 g/mol. The molecule has 2 rings (SSSR count). The van der Waals surface area contributed by atoms with Gasteiger partial charge < -0.3 is 15.7 Å². The summed E-state index contributed by atoms with van der Waals surface area (Å²) in [6.07, 6.45) is 1.74. The topological polar surface area (TPSA) is 66.6 Å². The van der Waals surface area contributed by atoms with Gasteiger partial charge in [-0.3, -0.25) is 4.79 Å². The van der Waals surface area contributed by atoms with E-state index in [0.717, 1.165) is 24.9 Å². The maximum Gasteiger partial charge on any atom is 0.254 e. The van der Waals surface area contributed by atoms with E-state index in [4.69, 9.17) is 5.73 Å². The third-order valence-electron chi connectivity index (χ3n) is 3.94. The van der Waals surface area contributed by atoms with Crippen molar-refractivity contribution in [2.45, 2.75) is 25.8 Å². The highest BCUT2D eigenvalue weighted by Crippen LogP contribution is 2.25. The summed E-state index contributed by atoms with van der Waals surface area (Å²) in [6, 6.07) is 7.57. The number of aliphatic hydroxyl groups is 1. The van der Waals surface area contributed by atoms with Gasteiger partial charge in [0.05, 0.1) is 12.6 Å². The average molecular weight is 262 g/mol. The standard InChI is InChI=1S/C15H22N2O2/c1-11-6-8-17(14(11)10-18)15(19)13-4-2-3-12(9-13)5-7-16/h2-4,9,11,14,18H,5-8,10,16H2,1H3. The summed E-state index contributed by atoms with van der Waals surface area (Å²) in [6.45, 7) is 3.43. The molecule has 0 aromatic heterocycles. The molecule has 0 bridgehead atoms. The third-order valence-corrected chi connectivity index (χ3v) is 3.94. The first-order valence-electron chi connectivity index (χ1n) is 6.88. The van der Waals surface area contributed by atoms with Crippen molar-refractivity contribution in [3.63, 3.8) is 0 Å². The lowest BCUT2D eigenvalue weighted by Gasteiger charge is -2.25. The van der Waals surface area contributed by atoms with Gasteiger partial charge in [0.1, 0.15) is 0 Å². The molecule has 1 fully saturated rings. The van der Waals surface area contributed by atoms with E-state index in [9.17, 15) is 9.90 Å². The maximum atomic E-state index is 12.5. The van der Waals surface area contributed by atoms with Crippen LogP contribution in [0.15, 0.2) is 24.3 Å². The van der Waals surface area contributed by atoms with Crippen LogP contribution < -0.4 is 5.73 Å². The lowest BCUT2D eigenvalue weighted by molar-refractivity contribution is 0.0648. The summed E-state index contributed by atoms with van der Waals surface area (Å²) >= 11 is 0. The maximum absolute atomic E-state index is 12.5. The predicted molar refractivity (Wildman–Crippen MR) is 74.9 cm³/mol. The molecule has 0 spiro atoms. The largest absolute Gasteiger partial charge is 0.394 e. The van der Waals surface area contributed by atoms with Gasteiger partial charge in [-0.2, -0.15) is 0 Å². The van der Waals surface area contributed by atoms with Gasteiger partial charge in [-0.1, -0.05) is 19.1 Å². The molecule has 0 radical (unpaired) electrons. The number of nitrogens with zero attached hydrogens (tertiary/aromatic N) is 1. The van der Waals surface area contributed by atoms with Crippen LogP contribution in [0.3, 0.4) is 0 Å². The number of benzene rings is 1. The van der Waals surface area contributed by atoms with E-state index in [0.29, 0.717) is 18.0 Å². The minimum absolute atomic E-state index is 0.0160. The zero-order chi connectivity index (χ0) is 13.8. The van der Waals surface area contributed by atoms with E-state index in [-0.39, 0.29) is 18.6 Å². The van der Waals surface area contributed by atoms with Crippen LogP contribution in [0, 0.1) is 5.92 Å². The molecule has 1 aliphatic heterocycles. The number of rotatable bonds is 4. The van der Waals surface area contributed by atoms with E-state index in [1.165, 1.54) is 0 Å². The number of hydrogen-bond donors (Lipinski definition) is 2. The van der Waals surface area contributed by atoms with E-state index in [1.807, 2.05) is 24.3 Å².